The Balaban J connectivity index is 2.69. The van der Waals surface area contributed by atoms with Crippen molar-refractivity contribution in [3.05, 3.63) is 63.1 Å². The average Bonchev–Trinajstić information content (AvgIpc) is 2.38. The largest absolute Gasteiger partial charge is 0.478 e. The zero-order chi connectivity index (χ0) is 15.6. The average molecular weight is 287 g/mol. The molecule has 2 rings (SSSR count). The molecule has 5 nitrogen and oxygen atoms in total. The van der Waals surface area contributed by atoms with E-state index in [-0.39, 0.29) is 11.1 Å². The third-order valence-electron chi connectivity index (χ3n) is 3.35. The van der Waals surface area contributed by atoms with Crippen LogP contribution in [-0.4, -0.2) is 22.8 Å². The minimum absolute atomic E-state index is 0.159. The molecule has 0 radical (unpaired) electrons. The summed E-state index contributed by atoms with van der Waals surface area (Å²) < 4.78 is 6.49. The molecule has 0 spiro atoms. The van der Waals surface area contributed by atoms with Gasteiger partial charge in [0.2, 0.25) is 0 Å². The zero-order valence-electron chi connectivity index (χ0n) is 12.2. The number of benzene rings is 1. The van der Waals surface area contributed by atoms with E-state index in [1.54, 1.807) is 27.0 Å². The first-order valence-electron chi connectivity index (χ1n) is 6.50. The molecule has 0 aliphatic heterocycles. The van der Waals surface area contributed by atoms with Crippen LogP contribution in [0.15, 0.2) is 35.1 Å². The van der Waals surface area contributed by atoms with E-state index in [2.05, 4.69) is 0 Å². The fourth-order valence-electron chi connectivity index (χ4n) is 2.48. The van der Waals surface area contributed by atoms with E-state index in [0.717, 1.165) is 5.56 Å². The SMILES string of the molecule is COCc1cccc(-n2c(C)c(C(=O)O)c(C)cc2=O)c1. The molecule has 21 heavy (non-hydrogen) atoms. The molecule has 110 valence electrons. The molecule has 1 aromatic heterocycles. The standard InChI is InChI=1S/C16H17NO4/c1-10-7-14(18)17(11(2)15(10)16(19)20)13-6-4-5-12(8-13)9-21-3/h4-8H,9H2,1-3H3,(H,19,20). The van der Waals surface area contributed by atoms with E-state index in [1.165, 1.54) is 10.6 Å². The van der Waals surface area contributed by atoms with Gasteiger partial charge in [-0.3, -0.25) is 9.36 Å². The summed E-state index contributed by atoms with van der Waals surface area (Å²) in [5.41, 5.74) is 2.35. The maximum atomic E-state index is 12.2. The Morgan fingerprint density at radius 1 is 1.29 bits per heavy atom. The van der Waals surface area contributed by atoms with Gasteiger partial charge in [0.05, 0.1) is 12.2 Å². The number of hydrogen-bond donors (Lipinski definition) is 1. The Kier molecular flexibility index (Phi) is 4.23. The number of ether oxygens (including phenoxy) is 1. The van der Waals surface area contributed by atoms with Crippen LogP contribution >= 0.6 is 0 Å². The minimum atomic E-state index is -1.04. The van der Waals surface area contributed by atoms with Crippen LogP contribution in [0.25, 0.3) is 5.69 Å². The number of methoxy groups -OCH3 is 1. The number of carboxylic acids is 1. The normalized spacial score (nSPS) is 10.6. The molecule has 5 heteroatoms. The van der Waals surface area contributed by atoms with E-state index >= 15 is 0 Å². The molecular weight excluding hydrogens is 270 g/mol. The molecule has 0 saturated heterocycles. The summed E-state index contributed by atoms with van der Waals surface area (Å²) in [6.07, 6.45) is 0. The Morgan fingerprint density at radius 2 is 2.00 bits per heavy atom. The number of nitrogens with zero attached hydrogens (tertiary/aromatic N) is 1. The van der Waals surface area contributed by atoms with Crippen molar-refractivity contribution in [2.75, 3.05) is 7.11 Å². The predicted octanol–water partition coefficient (Wildman–Crippen LogP) is 2.30. The van der Waals surface area contributed by atoms with Gasteiger partial charge in [0.25, 0.3) is 5.56 Å². The highest BCUT2D eigenvalue weighted by atomic mass is 16.5. The summed E-state index contributed by atoms with van der Waals surface area (Å²) >= 11 is 0. The van der Waals surface area contributed by atoms with E-state index in [9.17, 15) is 14.7 Å². The van der Waals surface area contributed by atoms with Gasteiger partial charge in [-0.15, -0.1) is 0 Å². The molecule has 2 aromatic rings. The van der Waals surface area contributed by atoms with Crippen LogP contribution in [0.3, 0.4) is 0 Å². The van der Waals surface area contributed by atoms with Gasteiger partial charge in [-0.1, -0.05) is 12.1 Å². The Labute approximate surface area is 122 Å². The highest BCUT2D eigenvalue weighted by Crippen LogP contribution is 2.17. The summed E-state index contributed by atoms with van der Waals surface area (Å²) in [6, 6.07) is 8.64. The smallest absolute Gasteiger partial charge is 0.337 e. The second-order valence-corrected chi connectivity index (χ2v) is 4.87. The molecule has 0 aliphatic rings. The van der Waals surface area contributed by atoms with Crippen LogP contribution in [0.1, 0.15) is 27.2 Å². The molecule has 1 heterocycles. The maximum Gasteiger partial charge on any atom is 0.337 e. The number of carboxylic acid groups (broad SMARTS) is 1. The third-order valence-corrected chi connectivity index (χ3v) is 3.35. The van der Waals surface area contributed by atoms with Gasteiger partial charge >= 0.3 is 5.97 Å². The molecule has 0 amide bonds. The molecule has 0 saturated carbocycles. The molecule has 0 fully saturated rings. The van der Waals surface area contributed by atoms with Crippen molar-refractivity contribution in [1.29, 1.82) is 0 Å². The lowest BCUT2D eigenvalue weighted by atomic mass is 10.1. The summed E-state index contributed by atoms with van der Waals surface area (Å²) in [6.45, 7) is 3.70. The Morgan fingerprint density at radius 3 is 2.62 bits per heavy atom. The van der Waals surface area contributed by atoms with E-state index < -0.39 is 5.97 Å². The topological polar surface area (TPSA) is 68.5 Å². The first-order valence-corrected chi connectivity index (χ1v) is 6.50. The van der Waals surface area contributed by atoms with Crippen LogP contribution in [-0.2, 0) is 11.3 Å². The first kappa shape index (κ1) is 15.0. The van der Waals surface area contributed by atoms with Crippen molar-refractivity contribution in [2.45, 2.75) is 20.5 Å². The van der Waals surface area contributed by atoms with E-state index in [0.29, 0.717) is 23.6 Å². The number of aromatic carboxylic acids is 1. The molecule has 1 N–H and O–H groups in total. The van der Waals surface area contributed by atoms with Crippen molar-refractivity contribution < 1.29 is 14.6 Å². The monoisotopic (exact) mass is 287 g/mol. The molecule has 1 aromatic carbocycles. The highest BCUT2D eigenvalue weighted by Gasteiger charge is 2.16. The van der Waals surface area contributed by atoms with E-state index in [4.69, 9.17) is 4.74 Å². The van der Waals surface area contributed by atoms with Crippen LogP contribution in [0.4, 0.5) is 0 Å². The maximum absolute atomic E-state index is 12.2. The minimum Gasteiger partial charge on any atom is -0.478 e. The van der Waals surface area contributed by atoms with Gasteiger partial charge in [-0.2, -0.15) is 0 Å². The fraction of sp³-hybridized carbons (Fsp3) is 0.250. The second-order valence-electron chi connectivity index (χ2n) is 4.87. The van der Waals surface area contributed by atoms with Gasteiger partial charge in [0.1, 0.15) is 0 Å². The quantitative estimate of drug-likeness (QED) is 0.936. The summed E-state index contributed by atoms with van der Waals surface area (Å²) in [5, 5.41) is 9.31. The number of carbonyl (C=O) groups is 1. The zero-order valence-corrected chi connectivity index (χ0v) is 12.2. The van der Waals surface area contributed by atoms with Crippen LogP contribution in [0.5, 0.6) is 0 Å². The third kappa shape index (κ3) is 2.87. The van der Waals surface area contributed by atoms with Gasteiger partial charge in [0.15, 0.2) is 0 Å². The van der Waals surface area contributed by atoms with E-state index in [1.807, 2.05) is 18.2 Å². The van der Waals surface area contributed by atoms with Gasteiger partial charge < -0.3 is 9.84 Å². The van der Waals surface area contributed by atoms with Crippen molar-refractivity contribution in [2.24, 2.45) is 0 Å². The molecule has 0 unspecified atom stereocenters. The number of pyridine rings is 1. The van der Waals surface area contributed by atoms with Crippen LogP contribution in [0.2, 0.25) is 0 Å². The fourth-order valence-corrected chi connectivity index (χ4v) is 2.48. The lowest BCUT2D eigenvalue weighted by molar-refractivity contribution is 0.0694. The number of rotatable bonds is 4. The van der Waals surface area contributed by atoms with Gasteiger partial charge in [0, 0.05) is 24.6 Å². The molecule has 0 aliphatic carbocycles. The molecular formula is C16H17NO4. The van der Waals surface area contributed by atoms with Crippen molar-refractivity contribution in [1.82, 2.24) is 4.57 Å². The Hall–Kier alpha value is -2.40. The predicted molar refractivity (Wildman–Crippen MR) is 79.2 cm³/mol. The molecule has 0 bridgehead atoms. The second kappa shape index (κ2) is 5.93. The van der Waals surface area contributed by atoms with Crippen molar-refractivity contribution >= 4 is 5.97 Å². The molecule has 0 atom stereocenters. The number of hydrogen-bond acceptors (Lipinski definition) is 3. The van der Waals surface area contributed by atoms with Crippen molar-refractivity contribution in [3.63, 3.8) is 0 Å². The van der Waals surface area contributed by atoms with Crippen LogP contribution in [0, 0.1) is 13.8 Å². The summed E-state index contributed by atoms with van der Waals surface area (Å²) in [4.78, 5) is 23.6. The number of aromatic nitrogens is 1. The van der Waals surface area contributed by atoms with Crippen molar-refractivity contribution in [3.8, 4) is 5.69 Å². The van der Waals surface area contributed by atoms with Gasteiger partial charge in [-0.05, 0) is 37.1 Å². The highest BCUT2D eigenvalue weighted by molar-refractivity contribution is 5.90. The number of aryl methyl sites for hydroxylation is 1. The van der Waals surface area contributed by atoms with Crippen LogP contribution < -0.4 is 5.56 Å². The summed E-state index contributed by atoms with van der Waals surface area (Å²) in [7, 11) is 1.60. The lowest BCUT2D eigenvalue weighted by Crippen LogP contribution is -2.24. The van der Waals surface area contributed by atoms with Gasteiger partial charge in [-0.25, -0.2) is 4.79 Å². The summed E-state index contributed by atoms with van der Waals surface area (Å²) in [5.74, 6) is -1.04. The lowest BCUT2D eigenvalue weighted by Gasteiger charge is -2.15. The Bertz CT molecular complexity index is 746. The first-order chi connectivity index (χ1) is 9.95.